The van der Waals surface area contributed by atoms with E-state index in [-0.39, 0.29) is 12.1 Å². The van der Waals surface area contributed by atoms with E-state index in [2.05, 4.69) is 44.4 Å². The van der Waals surface area contributed by atoms with E-state index in [1.807, 2.05) is 23.1 Å². The van der Waals surface area contributed by atoms with Crippen LogP contribution in [0.4, 0.5) is 16.3 Å². The molecule has 0 aliphatic carbocycles. The molecule has 6 nitrogen and oxygen atoms in total. The number of nitrogens with one attached hydrogen (secondary N) is 1. The smallest absolute Gasteiger partial charge is 0.317 e. The van der Waals surface area contributed by atoms with Gasteiger partial charge in [0.15, 0.2) is 0 Å². The highest BCUT2D eigenvalue weighted by atomic mass is 35.5. The third kappa shape index (κ3) is 4.50. The van der Waals surface area contributed by atoms with Gasteiger partial charge in [0.05, 0.1) is 5.02 Å². The van der Waals surface area contributed by atoms with Crippen LogP contribution in [0.2, 0.25) is 5.02 Å². The van der Waals surface area contributed by atoms with E-state index in [9.17, 15) is 4.79 Å². The maximum atomic E-state index is 12.7. The number of carbonyl (C=O) groups excluding carboxylic acids is 1. The van der Waals surface area contributed by atoms with Gasteiger partial charge >= 0.3 is 6.03 Å². The molecule has 2 saturated heterocycles. The van der Waals surface area contributed by atoms with Gasteiger partial charge < -0.3 is 20.0 Å². The topological polar surface area (TPSA) is 51.7 Å². The summed E-state index contributed by atoms with van der Waals surface area (Å²) in [4.78, 5) is 23.5. The number of anilines is 2. The fourth-order valence-corrected chi connectivity index (χ4v) is 3.99. The van der Waals surface area contributed by atoms with Crippen LogP contribution in [0, 0.1) is 0 Å². The number of amides is 2. The highest BCUT2D eigenvalue weighted by Crippen LogP contribution is 2.20. The Morgan fingerprint density at radius 3 is 2.29 bits per heavy atom. The van der Waals surface area contributed by atoms with Crippen molar-refractivity contribution in [3.05, 3.63) is 53.7 Å². The van der Waals surface area contributed by atoms with Gasteiger partial charge in [-0.15, -0.1) is 0 Å². The van der Waals surface area contributed by atoms with E-state index in [4.69, 9.17) is 11.6 Å². The van der Waals surface area contributed by atoms with Crippen molar-refractivity contribution < 1.29 is 4.79 Å². The van der Waals surface area contributed by atoms with Crippen LogP contribution >= 0.6 is 11.6 Å². The molecule has 2 aromatic rings. The summed E-state index contributed by atoms with van der Waals surface area (Å²) in [5.41, 5.74) is 1.26. The molecule has 3 heterocycles. The molecular formula is C21H26ClN5O. The number of rotatable bonds is 3. The largest absolute Gasteiger partial charge is 0.371 e. The number of piperidine rings is 1. The Hall–Kier alpha value is -2.47. The number of hydrogen-bond acceptors (Lipinski definition) is 4. The first-order valence-corrected chi connectivity index (χ1v) is 10.3. The SMILES string of the molecule is O=C(NC1CCN(c2ccccc2)CC1)N1CCN(c2ccc(Cl)cn2)CC1. The monoisotopic (exact) mass is 399 g/mol. The molecule has 28 heavy (non-hydrogen) atoms. The van der Waals surface area contributed by atoms with Crippen molar-refractivity contribution in [3.8, 4) is 0 Å². The van der Waals surface area contributed by atoms with E-state index in [0.29, 0.717) is 18.1 Å². The minimum absolute atomic E-state index is 0.0573. The van der Waals surface area contributed by atoms with E-state index < -0.39 is 0 Å². The summed E-state index contributed by atoms with van der Waals surface area (Å²) < 4.78 is 0. The van der Waals surface area contributed by atoms with Gasteiger partial charge in [0.25, 0.3) is 0 Å². The number of nitrogens with zero attached hydrogens (tertiary/aromatic N) is 4. The summed E-state index contributed by atoms with van der Waals surface area (Å²) in [6.45, 7) is 4.94. The van der Waals surface area contributed by atoms with Crippen molar-refractivity contribution in [2.24, 2.45) is 0 Å². The van der Waals surface area contributed by atoms with Crippen molar-refractivity contribution >= 4 is 29.1 Å². The highest BCUT2D eigenvalue weighted by molar-refractivity contribution is 6.30. The molecule has 148 valence electrons. The van der Waals surface area contributed by atoms with Gasteiger partial charge in [-0.3, -0.25) is 0 Å². The molecule has 0 saturated carbocycles. The number of halogens is 1. The van der Waals surface area contributed by atoms with Gasteiger partial charge in [0, 0.05) is 57.2 Å². The lowest BCUT2D eigenvalue weighted by molar-refractivity contribution is 0.188. The lowest BCUT2D eigenvalue weighted by atomic mass is 10.0. The quantitative estimate of drug-likeness (QED) is 0.860. The molecule has 4 rings (SSSR count). The number of benzene rings is 1. The lowest BCUT2D eigenvalue weighted by Gasteiger charge is -2.38. The Balaban J connectivity index is 1.22. The first kappa shape index (κ1) is 18.9. The highest BCUT2D eigenvalue weighted by Gasteiger charge is 2.26. The van der Waals surface area contributed by atoms with Crippen molar-refractivity contribution in [1.82, 2.24) is 15.2 Å². The normalized spacial score (nSPS) is 18.2. The molecule has 2 amide bonds. The first-order valence-electron chi connectivity index (χ1n) is 9.91. The van der Waals surface area contributed by atoms with Gasteiger partial charge in [-0.1, -0.05) is 29.8 Å². The molecule has 0 radical (unpaired) electrons. The minimum Gasteiger partial charge on any atom is -0.371 e. The van der Waals surface area contributed by atoms with Crippen LogP contribution in [0.25, 0.3) is 0 Å². The van der Waals surface area contributed by atoms with Crippen LogP contribution in [0.5, 0.6) is 0 Å². The minimum atomic E-state index is 0.0573. The predicted molar refractivity (Wildman–Crippen MR) is 113 cm³/mol. The van der Waals surface area contributed by atoms with Crippen LogP contribution in [0.3, 0.4) is 0 Å². The van der Waals surface area contributed by atoms with E-state index >= 15 is 0 Å². The molecule has 2 fully saturated rings. The van der Waals surface area contributed by atoms with Crippen molar-refractivity contribution in [3.63, 3.8) is 0 Å². The molecule has 0 bridgehead atoms. The lowest BCUT2D eigenvalue weighted by Crippen LogP contribution is -2.55. The second-order valence-electron chi connectivity index (χ2n) is 7.36. The average Bonchev–Trinajstić information content (AvgIpc) is 2.75. The number of carbonyl (C=O) groups is 1. The van der Waals surface area contributed by atoms with Crippen molar-refractivity contribution in [1.29, 1.82) is 0 Å². The van der Waals surface area contributed by atoms with Crippen molar-refractivity contribution in [2.45, 2.75) is 18.9 Å². The Kier molecular flexibility index (Phi) is 5.86. The third-order valence-corrected chi connectivity index (χ3v) is 5.77. The maximum absolute atomic E-state index is 12.7. The van der Waals surface area contributed by atoms with Gasteiger partial charge in [-0.05, 0) is 37.1 Å². The fourth-order valence-electron chi connectivity index (χ4n) is 3.88. The third-order valence-electron chi connectivity index (χ3n) is 5.55. The van der Waals surface area contributed by atoms with E-state index in [0.717, 1.165) is 44.8 Å². The number of piperazine rings is 1. The Morgan fingerprint density at radius 1 is 0.929 bits per heavy atom. The van der Waals surface area contributed by atoms with Crippen LogP contribution in [0.15, 0.2) is 48.7 Å². The Morgan fingerprint density at radius 2 is 1.64 bits per heavy atom. The van der Waals surface area contributed by atoms with Gasteiger partial charge in [0.2, 0.25) is 0 Å². The summed E-state index contributed by atoms with van der Waals surface area (Å²) in [6, 6.07) is 14.6. The molecular weight excluding hydrogens is 374 g/mol. The van der Waals surface area contributed by atoms with Gasteiger partial charge in [0.1, 0.15) is 5.82 Å². The summed E-state index contributed by atoms with van der Waals surface area (Å²) in [7, 11) is 0. The molecule has 1 aromatic carbocycles. The number of urea groups is 1. The van der Waals surface area contributed by atoms with Gasteiger partial charge in [-0.25, -0.2) is 9.78 Å². The molecule has 0 unspecified atom stereocenters. The Labute approximate surface area is 171 Å². The maximum Gasteiger partial charge on any atom is 0.317 e. The Bertz CT molecular complexity index is 769. The van der Waals surface area contributed by atoms with E-state index in [1.54, 1.807) is 6.20 Å². The van der Waals surface area contributed by atoms with Gasteiger partial charge in [-0.2, -0.15) is 0 Å². The zero-order valence-electron chi connectivity index (χ0n) is 15.9. The molecule has 2 aliphatic heterocycles. The average molecular weight is 400 g/mol. The number of aromatic nitrogens is 1. The van der Waals surface area contributed by atoms with Crippen molar-refractivity contribution in [2.75, 3.05) is 49.1 Å². The molecule has 0 atom stereocenters. The molecule has 7 heteroatoms. The number of hydrogen-bond donors (Lipinski definition) is 1. The summed E-state index contributed by atoms with van der Waals surface area (Å²) >= 11 is 5.91. The molecule has 2 aliphatic rings. The van der Waals surface area contributed by atoms with E-state index in [1.165, 1.54) is 5.69 Å². The van der Waals surface area contributed by atoms with Crippen LogP contribution in [-0.2, 0) is 0 Å². The second kappa shape index (κ2) is 8.69. The summed E-state index contributed by atoms with van der Waals surface area (Å²) in [6.07, 6.45) is 3.63. The van der Waals surface area contributed by atoms with Crippen LogP contribution in [0.1, 0.15) is 12.8 Å². The summed E-state index contributed by atoms with van der Waals surface area (Å²) in [5, 5.41) is 3.87. The number of pyridine rings is 1. The fraction of sp³-hybridized carbons (Fsp3) is 0.429. The predicted octanol–water partition coefficient (Wildman–Crippen LogP) is 3.24. The number of para-hydroxylation sites is 1. The molecule has 0 spiro atoms. The standard InChI is InChI=1S/C21H26ClN5O/c22-17-6-7-20(23-16-17)26-12-14-27(15-13-26)21(28)24-18-8-10-25(11-9-18)19-4-2-1-3-5-19/h1-7,16,18H,8-15H2,(H,24,28). The van der Waals surface area contributed by atoms with Crippen LogP contribution < -0.4 is 15.1 Å². The zero-order chi connectivity index (χ0) is 19.3. The summed E-state index contributed by atoms with van der Waals surface area (Å²) in [5.74, 6) is 0.915. The zero-order valence-corrected chi connectivity index (χ0v) is 16.7. The molecule has 1 N–H and O–H groups in total. The first-order chi connectivity index (χ1) is 13.7. The van der Waals surface area contributed by atoms with Crippen LogP contribution in [-0.4, -0.2) is 61.2 Å². The second-order valence-corrected chi connectivity index (χ2v) is 7.79. The molecule has 1 aromatic heterocycles.